The van der Waals surface area contributed by atoms with Crippen molar-refractivity contribution in [3.8, 4) is 11.5 Å². The average molecular weight is 544 g/mol. The first-order valence-corrected chi connectivity index (χ1v) is 11.7. The summed E-state index contributed by atoms with van der Waals surface area (Å²) in [5, 5.41) is 4.34. The Labute approximate surface area is 226 Å². The van der Waals surface area contributed by atoms with Gasteiger partial charge in [0.15, 0.2) is 17.3 Å². The highest BCUT2D eigenvalue weighted by molar-refractivity contribution is 6.35. The first-order chi connectivity index (χ1) is 17.6. The van der Waals surface area contributed by atoms with Crippen molar-refractivity contribution >= 4 is 52.2 Å². The molecule has 0 spiro atoms. The lowest BCUT2D eigenvalue weighted by atomic mass is 10.0. The highest BCUT2D eigenvalue weighted by Crippen LogP contribution is 2.35. The minimum Gasteiger partial charge on any atom is -0.487 e. The molecule has 0 saturated heterocycles. The Morgan fingerprint density at radius 1 is 0.865 bits per heavy atom. The molecule has 1 aromatic heterocycles. The van der Waals surface area contributed by atoms with Crippen molar-refractivity contribution in [1.29, 1.82) is 0 Å². The van der Waals surface area contributed by atoms with Crippen LogP contribution in [0.5, 0.6) is 11.5 Å². The van der Waals surface area contributed by atoms with Crippen molar-refractivity contribution in [1.82, 2.24) is 9.97 Å². The third kappa shape index (κ3) is 7.08. The number of ether oxygens (including phenoxy) is 4. The molecule has 3 aromatic carbocycles. The zero-order valence-electron chi connectivity index (χ0n) is 20.4. The summed E-state index contributed by atoms with van der Waals surface area (Å²) < 4.78 is 21.9. The third-order valence-electron chi connectivity index (χ3n) is 5.30. The molecule has 0 aliphatic carbocycles. The molecular weight excluding hydrogens is 517 g/mol. The first-order valence-electron chi connectivity index (χ1n) is 11.3. The lowest BCUT2D eigenvalue weighted by Gasteiger charge is -2.15. The Bertz CT molecular complexity index is 1340. The molecule has 8 nitrogen and oxygen atoms in total. The largest absolute Gasteiger partial charge is 0.487 e. The molecular formula is C27H27Cl2N3O5. The van der Waals surface area contributed by atoms with Crippen LogP contribution in [-0.2, 0) is 9.47 Å². The Balaban J connectivity index is 0.00000380. The molecule has 1 N–H and O–H groups in total. The number of rotatable bonds is 12. The molecule has 0 aliphatic heterocycles. The fourth-order valence-electron chi connectivity index (χ4n) is 3.52. The van der Waals surface area contributed by atoms with Crippen molar-refractivity contribution in [2.24, 2.45) is 0 Å². The van der Waals surface area contributed by atoms with Crippen LogP contribution in [0.3, 0.4) is 0 Å². The zero-order chi connectivity index (χ0) is 25.3. The fraction of sp³-hybridized carbons (Fsp3) is 0.222. The maximum atomic E-state index is 12.8. The van der Waals surface area contributed by atoms with Crippen LogP contribution in [0.2, 0.25) is 5.02 Å². The van der Waals surface area contributed by atoms with Crippen molar-refractivity contribution in [3.05, 3.63) is 83.1 Å². The number of hydrogen-bond acceptors (Lipinski definition) is 8. The summed E-state index contributed by atoms with van der Waals surface area (Å²) in [7, 11) is 3.22. The number of nitrogens with one attached hydrogen (secondary N) is 1. The number of nitrogens with zero attached hydrogens (tertiary/aromatic N) is 2. The van der Waals surface area contributed by atoms with E-state index in [2.05, 4.69) is 15.3 Å². The highest BCUT2D eigenvalue weighted by Gasteiger charge is 2.15. The van der Waals surface area contributed by atoms with Crippen LogP contribution in [0, 0.1) is 0 Å². The monoisotopic (exact) mass is 543 g/mol. The van der Waals surface area contributed by atoms with Crippen LogP contribution in [0.15, 0.2) is 67.0 Å². The maximum absolute atomic E-state index is 12.8. The number of carbonyl (C=O) groups is 1. The fourth-order valence-corrected chi connectivity index (χ4v) is 3.78. The van der Waals surface area contributed by atoms with Gasteiger partial charge < -0.3 is 24.3 Å². The number of methoxy groups -OCH3 is 2. The van der Waals surface area contributed by atoms with Gasteiger partial charge in [-0.2, -0.15) is 0 Å². The van der Waals surface area contributed by atoms with Gasteiger partial charge >= 0.3 is 0 Å². The van der Waals surface area contributed by atoms with E-state index in [1.165, 1.54) is 6.33 Å². The van der Waals surface area contributed by atoms with Gasteiger partial charge in [0.1, 0.15) is 25.4 Å². The molecule has 10 heteroatoms. The minimum atomic E-state index is -0.140. The number of anilines is 2. The predicted molar refractivity (Wildman–Crippen MR) is 146 cm³/mol. The third-order valence-corrected chi connectivity index (χ3v) is 5.62. The summed E-state index contributed by atoms with van der Waals surface area (Å²) in [4.78, 5) is 21.6. The molecule has 194 valence electrons. The lowest BCUT2D eigenvalue weighted by molar-refractivity contribution is 0.103. The minimum absolute atomic E-state index is 0. The molecule has 0 bridgehead atoms. The quantitative estimate of drug-likeness (QED) is 0.179. The van der Waals surface area contributed by atoms with E-state index in [1.807, 2.05) is 24.3 Å². The Kier molecular flexibility index (Phi) is 10.5. The van der Waals surface area contributed by atoms with Crippen LogP contribution >= 0.6 is 24.0 Å². The molecule has 0 amide bonds. The van der Waals surface area contributed by atoms with Gasteiger partial charge in [-0.1, -0.05) is 41.9 Å². The van der Waals surface area contributed by atoms with Crippen LogP contribution in [0.25, 0.3) is 10.9 Å². The molecule has 4 aromatic rings. The molecule has 0 atom stereocenters. The topological polar surface area (TPSA) is 91.8 Å². The summed E-state index contributed by atoms with van der Waals surface area (Å²) in [5.74, 6) is 1.50. The second kappa shape index (κ2) is 13.8. The van der Waals surface area contributed by atoms with Gasteiger partial charge in [-0.25, -0.2) is 9.97 Å². The van der Waals surface area contributed by atoms with Crippen LogP contribution in [0.1, 0.15) is 15.9 Å². The van der Waals surface area contributed by atoms with Crippen LogP contribution in [-0.4, -0.2) is 56.4 Å². The van der Waals surface area contributed by atoms with Crippen molar-refractivity contribution in [2.45, 2.75) is 0 Å². The maximum Gasteiger partial charge on any atom is 0.194 e. The lowest BCUT2D eigenvalue weighted by Crippen LogP contribution is -2.09. The number of ketones is 1. The molecule has 37 heavy (non-hydrogen) atoms. The first kappa shape index (κ1) is 28.1. The van der Waals surface area contributed by atoms with Crippen molar-refractivity contribution in [2.75, 3.05) is 46.0 Å². The van der Waals surface area contributed by atoms with Crippen LogP contribution in [0.4, 0.5) is 11.5 Å². The van der Waals surface area contributed by atoms with Gasteiger partial charge in [0.25, 0.3) is 0 Å². The second-order valence-electron chi connectivity index (χ2n) is 7.74. The Morgan fingerprint density at radius 2 is 1.54 bits per heavy atom. The molecule has 0 saturated carbocycles. The number of halogens is 2. The van der Waals surface area contributed by atoms with Gasteiger partial charge in [0.2, 0.25) is 0 Å². The van der Waals surface area contributed by atoms with E-state index in [-0.39, 0.29) is 18.2 Å². The van der Waals surface area contributed by atoms with Gasteiger partial charge in [0, 0.05) is 42.5 Å². The van der Waals surface area contributed by atoms with E-state index in [1.54, 1.807) is 50.6 Å². The normalized spacial score (nSPS) is 10.6. The number of hydrogen-bond donors (Lipinski definition) is 1. The van der Waals surface area contributed by atoms with Gasteiger partial charge in [-0.05, 0) is 24.3 Å². The van der Waals surface area contributed by atoms with Gasteiger partial charge in [0.05, 0.1) is 23.8 Å². The Hall–Kier alpha value is -3.43. The number of benzene rings is 3. The molecule has 0 radical (unpaired) electrons. The van der Waals surface area contributed by atoms with Crippen molar-refractivity contribution in [3.63, 3.8) is 0 Å². The summed E-state index contributed by atoms with van der Waals surface area (Å²) in [5.41, 5.74) is 2.34. The number of carbonyl (C=O) groups excluding carboxylic acids is 1. The molecule has 1 heterocycles. The van der Waals surface area contributed by atoms with E-state index in [9.17, 15) is 4.79 Å². The standard InChI is InChI=1S/C27H26ClN3O5.ClH/c1-33-10-12-35-24-15-21-23(16-25(24)36-13-11-34-2)29-17-30-27(21)31-19-8-9-20(22(28)14-19)26(32)18-6-4-3-5-7-18;/h3-9,14-17H,10-13H2,1-2H3,(H,29,30,31);1H. The summed E-state index contributed by atoms with van der Waals surface area (Å²) in [6.07, 6.45) is 1.46. The van der Waals surface area contributed by atoms with E-state index in [0.29, 0.717) is 71.1 Å². The van der Waals surface area contributed by atoms with E-state index < -0.39 is 0 Å². The molecule has 0 fully saturated rings. The smallest absolute Gasteiger partial charge is 0.194 e. The predicted octanol–water partition coefficient (Wildman–Crippen LogP) is 5.73. The van der Waals surface area contributed by atoms with E-state index in [4.69, 9.17) is 30.5 Å². The zero-order valence-corrected chi connectivity index (χ0v) is 22.0. The summed E-state index contributed by atoms with van der Waals surface area (Å²) in [6, 6.07) is 17.8. The van der Waals surface area contributed by atoms with Crippen molar-refractivity contribution < 1.29 is 23.7 Å². The number of aromatic nitrogens is 2. The summed E-state index contributed by atoms with van der Waals surface area (Å²) in [6.45, 7) is 1.59. The van der Waals surface area contributed by atoms with E-state index in [0.717, 1.165) is 5.39 Å². The van der Waals surface area contributed by atoms with Crippen LogP contribution < -0.4 is 14.8 Å². The second-order valence-corrected chi connectivity index (χ2v) is 8.14. The SMILES string of the molecule is COCCOc1cc2ncnc(Nc3ccc(C(=O)c4ccccc4)c(Cl)c3)c2cc1OCCOC.Cl. The van der Waals surface area contributed by atoms with Gasteiger partial charge in [-0.3, -0.25) is 4.79 Å². The highest BCUT2D eigenvalue weighted by atomic mass is 35.5. The molecule has 0 aliphatic rings. The summed E-state index contributed by atoms with van der Waals surface area (Å²) >= 11 is 6.48. The number of fused-ring (bicyclic) bond motifs is 1. The van der Waals surface area contributed by atoms with Gasteiger partial charge in [-0.15, -0.1) is 12.4 Å². The molecule has 4 rings (SSSR count). The van der Waals surface area contributed by atoms with E-state index >= 15 is 0 Å². The Morgan fingerprint density at radius 3 is 2.19 bits per heavy atom. The average Bonchev–Trinajstić information content (AvgIpc) is 2.89. The molecule has 0 unspecified atom stereocenters.